The molecule has 1 rings (SSSR count). The van der Waals surface area contributed by atoms with Gasteiger partial charge in [0.1, 0.15) is 5.82 Å². The third-order valence-corrected chi connectivity index (χ3v) is 3.75. The van der Waals surface area contributed by atoms with E-state index in [1.165, 1.54) is 12.1 Å². The fourth-order valence-electron chi connectivity index (χ4n) is 2.48. The van der Waals surface area contributed by atoms with E-state index in [0.29, 0.717) is 5.92 Å². The summed E-state index contributed by atoms with van der Waals surface area (Å²) in [5, 5.41) is 0. The van der Waals surface area contributed by atoms with E-state index >= 15 is 0 Å². The van der Waals surface area contributed by atoms with Gasteiger partial charge in [0, 0.05) is 18.6 Å². The molecular formula is C16H27FN2. The van der Waals surface area contributed by atoms with Crippen LogP contribution in [0.25, 0.3) is 0 Å². The van der Waals surface area contributed by atoms with E-state index in [1.807, 2.05) is 19.1 Å². The summed E-state index contributed by atoms with van der Waals surface area (Å²) >= 11 is 0. The number of rotatable bonds is 7. The quantitative estimate of drug-likeness (QED) is 0.817. The second-order valence-electron chi connectivity index (χ2n) is 5.46. The van der Waals surface area contributed by atoms with Crippen molar-refractivity contribution in [2.75, 3.05) is 13.1 Å². The lowest BCUT2D eigenvalue weighted by atomic mass is 9.97. The van der Waals surface area contributed by atoms with E-state index in [-0.39, 0.29) is 17.9 Å². The van der Waals surface area contributed by atoms with Crippen molar-refractivity contribution in [1.82, 2.24) is 4.90 Å². The Labute approximate surface area is 116 Å². The number of nitrogens with zero attached hydrogens (tertiary/aromatic N) is 1. The van der Waals surface area contributed by atoms with Gasteiger partial charge < -0.3 is 5.73 Å². The van der Waals surface area contributed by atoms with Crippen LogP contribution in [0.15, 0.2) is 24.3 Å². The summed E-state index contributed by atoms with van der Waals surface area (Å²) in [6.07, 6.45) is 1.16. The average molecular weight is 266 g/mol. The molecular weight excluding hydrogens is 239 g/mol. The Morgan fingerprint density at radius 3 is 2.16 bits per heavy atom. The van der Waals surface area contributed by atoms with Crippen LogP contribution in [-0.2, 0) is 0 Å². The van der Waals surface area contributed by atoms with Crippen molar-refractivity contribution in [3.8, 4) is 0 Å². The van der Waals surface area contributed by atoms with E-state index in [9.17, 15) is 4.39 Å². The summed E-state index contributed by atoms with van der Waals surface area (Å²) < 4.78 is 13.1. The molecule has 0 saturated heterocycles. The van der Waals surface area contributed by atoms with Gasteiger partial charge in [0.15, 0.2) is 0 Å². The van der Waals surface area contributed by atoms with Crippen molar-refractivity contribution in [2.24, 2.45) is 11.7 Å². The number of hydrogen-bond acceptors (Lipinski definition) is 2. The van der Waals surface area contributed by atoms with Crippen molar-refractivity contribution >= 4 is 0 Å². The Kier molecular flexibility index (Phi) is 6.46. The first-order valence-electron chi connectivity index (χ1n) is 7.24. The van der Waals surface area contributed by atoms with Crippen LogP contribution in [-0.4, -0.2) is 24.0 Å². The third-order valence-electron chi connectivity index (χ3n) is 3.75. The van der Waals surface area contributed by atoms with Gasteiger partial charge in [-0.2, -0.15) is 0 Å². The molecule has 0 aliphatic rings. The average Bonchev–Trinajstić information content (AvgIpc) is 2.39. The highest BCUT2D eigenvalue weighted by molar-refractivity contribution is 5.21. The second-order valence-corrected chi connectivity index (χ2v) is 5.46. The van der Waals surface area contributed by atoms with Gasteiger partial charge in [-0.15, -0.1) is 0 Å². The predicted octanol–water partition coefficient (Wildman–Crippen LogP) is 3.58. The molecule has 1 aromatic rings. The number of benzene rings is 1. The molecule has 0 saturated carbocycles. The molecule has 108 valence electrons. The van der Waals surface area contributed by atoms with E-state index in [2.05, 4.69) is 25.7 Å². The fraction of sp³-hybridized carbons (Fsp3) is 0.625. The van der Waals surface area contributed by atoms with Crippen molar-refractivity contribution in [2.45, 2.75) is 46.2 Å². The fourth-order valence-corrected chi connectivity index (χ4v) is 2.48. The molecule has 0 bridgehead atoms. The van der Waals surface area contributed by atoms with Crippen LogP contribution < -0.4 is 5.73 Å². The molecule has 0 aliphatic heterocycles. The Hall–Kier alpha value is -0.930. The molecule has 3 heteroatoms. The molecule has 3 unspecified atom stereocenters. The largest absolute Gasteiger partial charge is 0.326 e. The van der Waals surface area contributed by atoms with Gasteiger partial charge in [-0.05, 0) is 37.1 Å². The molecule has 0 aromatic heterocycles. The van der Waals surface area contributed by atoms with Crippen LogP contribution >= 0.6 is 0 Å². The summed E-state index contributed by atoms with van der Waals surface area (Å²) in [4.78, 5) is 2.39. The van der Waals surface area contributed by atoms with Crippen molar-refractivity contribution < 1.29 is 4.39 Å². The normalized spacial score (nSPS) is 16.4. The van der Waals surface area contributed by atoms with Gasteiger partial charge in [0.05, 0.1) is 0 Å². The molecule has 0 radical (unpaired) electrons. The summed E-state index contributed by atoms with van der Waals surface area (Å²) in [7, 11) is 0. The third kappa shape index (κ3) is 4.59. The van der Waals surface area contributed by atoms with E-state index < -0.39 is 0 Å². The van der Waals surface area contributed by atoms with Crippen molar-refractivity contribution in [1.29, 1.82) is 0 Å². The molecule has 1 aromatic carbocycles. The van der Waals surface area contributed by atoms with Crippen molar-refractivity contribution in [3.63, 3.8) is 0 Å². The highest BCUT2D eigenvalue weighted by Crippen LogP contribution is 2.25. The number of nitrogens with two attached hydrogens (primary N) is 1. The SMILES string of the molecule is CCC(C)CN(CC)C(c1ccc(F)cc1)C(C)N. The Morgan fingerprint density at radius 2 is 1.74 bits per heavy atom. The molecule has 3 atom stereocenters. The summed E-state index contributed by atoms with van der Waals surface area (Å²) in [6, 6.07) is 6.91. The molecule has 0 fully saturated rings. The number of hydrogen-bond donors (Lipinski definition) is 1. The van der Waals surface area contributed by atoms with Gasteiger partial charge >= 0.3 is 0 Å². The van der Waals surface area contributed by atoms with Crippen molar-refractivity contribution in [3.05, 3.63) is 35.6 Å². The topological polar surface area (TPSA) is 29.3 Å². The van der Waals surface area contributed by atoms with Gasteiger partial charge in [0.25, 0.3) is 0 Å². The van der Waals surface area contributed by atoms with Crippen LogP contribution in [0.4, 0.5) is 4.39 Å². The molecule has 2 N–H and O–H groups in total. The highest BCUT2D eigenvalue weighted by Gasteiger charge is 2.23. The maximum Gasteiger partial charge on any atom is 0.123 e. The summed E-state index contributed by atoms with van der Waals surface area (Å²) in [6.45, 7) is 10.6. The lowest BCUT2D eigenvalue weighted by molar-refractivity contribution is 0.160. The zero-order valence-corrected chi connectivity index (χ0v) is 12.6. The standard InChI is InChI=1S/C16H27FN2/c1-5-12(3)11-19(6-2)16(13(4)18)14-7-9-15(17)10-8-14/h7-10,12-13,16H,5-6,11,18H2,1-4H3. The van der Waals surface area contributed by atoms with Gasteiger partial charge in [-0.1, -0.05) is 39.3 Å². The Balaban J connectivity index is 2.94. The van der Waals surface area contributed by atoms with Gasteiger partial charge in [-0.25, -0.2) is 4.39 Å². The Bertz CT molecular complexity index is 362. The highest BCUT2D eigenvalue weighted by atomic mass is 19.1. The molecule has 19 heavy (non-hydrogen) atoms. The number of likely N-dealkylation sites (N-methyl/N-ethyl adjacent to an activating group) is 1. The van der Waals surface area contributed by atoms with Gasteiger partial charge in [-0.3, -0.25) is 4.90 Å². The van der Waals surface area contributed by atoms with E-state index in [4.69, 9.17) is 5.73 Å². The maximum absolute atomic E-state index is 13.1. The minimum absolute atomic E-state index is 0.0227. The summed E-state index contributed by atoms with van der Waals surface area (Å²) in [5.41, 5.74) is 7.26. The molecule has 0 spiro atoms. The van der Waals surface area contributed by atoms with E-state index in [1.54, 1.807) is 0 Å². The predicted molar refractivity (Wildman–Crippen MR) is 79.5 cm³/mol. The second kappa shape index (κ2) is 7.61. The monoisotopic (exact) mass is 266 g/mol. The van der Waals surface area contributed by atoms with Crippen LogP contribution in [0.1, 0.15) is 45.7 Å². The van der Waals surface area contributed by atoms with Crippen LogP contribution in [0.3, 0.4) is 0 Å². The molecule has 2 nitrogen and oxygen atoms in total. The molecule has 0 aliphatic carbocycles. The molecule has 0 heterocycles. The zero-order valence-electron chi connectivity index (χ0n) is 12.6. The van der Waals surface area contributed by atoms with Crippen LogP contribution in [0.2, 0.25) is 0 Å². The minimum Gasteiger partial charge on any atom is -0.326 e. The first-order valence-corrected chi connectivity index (χ1v) is 7.24. The zero-order chi connectivity index (χ0) is 14.4. The van der Waals surface area contributed by atoms with Crippen LogP contribution in [0, 0.1) is 11.7 Å². The smallest absolute Gasteiger partial charge is 0.123 e. The van der Waals surface area contributed by atoms with Gasteiger partial charge in [0.2, 0.25) is 0 Å². The van der Waals surface area contributed by atoms with E-state index in [0.717, 1.165) is 25.1 Å². The number of halogens is 1. The first-order chi connectivity index (χ1) is 8.99. The lowest BCUT2D eigenvalue weighted by Crippen LogP contribution is -2.41. The van der Waals surface area contributed by atoms with Crippen LogP contribution in [0.5, 0.6) is 0 Å². The summed E-state index contributed by atoms with van der Waals surface area (Å²) in [5.74, 6) is 0.443. The molecule has 0 amide bonds. The maximum atomic E-state index is 13.1. The minimum atomic E-state index is -0.197. The lowest BCUT2D eigenvalue weighted by Gasteiger charge is -2.35. The first kappa shape index (κ1) is 16.1. The Morgan fingerprint density at radius 1 is 1.16 bits per heavy atom.